The first-order valence-corrected chi connectivity index (χ1v) is 11.2. The standard InChI is InChI=1S/C27H25F3N2O3/c1-3-31(2)22-14-13-18(27(28,29)30)15-23(22)32(19-9-5-4-6-10-19)25(35)26(17-33)16-24(34)20-11-7-8-12-21(20)26/h4-15,17,24,34H,3,16H2,1-2H3. The second kappa shape index (κ2) is 9.19. The molecule has 1 aliphatic rings. The van der Waals surface area contributed by atoms with Gasteiger partial charge in [-0.1, -0.05) is 42.5 Å². The molecule has 1 amide bonds. The first kappa shape index (κ1) is 24.5. The number of alkyl halides is 3. The number of aldehydes is 1. The number of carbonyl (C=O) groups excluding carboxylic acids is 2. The Kier molecular flexibility index (Phi) is 6.42. The summed E-state index contributed by atoms with van der Waals surface area (Å²) in [4.78, 5) is 29.8. The minimum absolute atomic E-state index is 0.000436. The summed E-state index contributed by atoms with van der Waals surface area (Å²) in [5, 5.41) is 10.7. The van der Waals surface area contributed by atoms with Crippen LogP contribution >= 0.6 is 0 Å². The van der Waals surface area contributed by atoms with Crippen LogP contribution in [-0.4, -0.2) is 30.9 Å². The van der Waals surface area contributed by atoms with Gasteiger partial charge in [0.25, 0.3) is 0 Å². The maximum atomic E-state index is 14.3. The number of hydrogen-bond acceptors (Lipinski definition) is 4. The summed E-state index contributed by atoms with van der Waals surface area (Å²) in [7, 11) is 1.71. The average Bonchev–Trinajstić information content (AvgIpc) is 3.16. The number of hydrogen-bond donors (Lipinski definition) is 1. The molecule has 1 aliphatic carbocycles. The number of fused-ring (bicyclic) bond motifs is 1. The van der Waals surface area contributed by atoms with Crippen molar-refractivity contribution < 1.29 is 27.9 Å². The summed E-state index contributed by atoms with van der Waals surface area (Å²) in [6, 6.07) is 18.1. The third-order valence-electron chi connectivity index (χ3n) is 6.55. The van der Waals surface area contributed by atoms with Crippen molar-refractivity contribution in [2.24, 2.45) is 0 Å². The predicted molar refractivity (Wildman–Crippen MR) is 128 cm³/mol. The van der Waals surface area contributed by atoms with E-state index in [0.717, 1.165) is 12.1 Å². The van der Waals surface area contributed by atoms with E-state index in [4.69, 9.17) is 0 Å². The number of halogens is 3. The number of amides is 1. The molecule has 0 saturated heterocycles. The molecule has 0 aromatic heterocycles. The van der Waals surface area contributed by atoms with Gasteiger partial charge in [0.2, 0.25) is 5.91 Å². The largest absolute Gasteiger partial charge is 0.416 e. The zero-order valence-corrected chi connectivity index (χ0v) is 19.3. The second-order valence-corrected chi connectivity index (χ2v) is 8.59. The molecular weight excluding hydrogens is 457 g/mol. The molecule has 0 bridgehead atoms. The van der Waals surface area contributed by atoms with Gasteiger partial charge in [0.15, 0.2) is 0 Å². The van der Waals surface area contributed by atoms with Gasteiger partial charge in [0.1, 0.15) is 11.7 Å². The number of anilines is 3. The van der Waals surface area contributed by atoms with Crippen LogP contribution in [0.3, 0.4) is 0 Å². The smallest absolute Gasteiger partial charge is 0.388 e. The molecule has 4 rings (SSSR count). The molecule has 2 unspecified atom stereocenters. The van der Waals surface area contributed by atoms with Crippen LogP contribution < -0.4 is 9.80 Å². The van der Waals surface area contributed by atoms with Gasteiger partial charge in [-0.25, -0.2) is 0 Å². The highest BCUT2D eigenvalue weighted by molar-refractivity contribution is 6.16. The van der Waals surface area contributed by atoms with Gasteiger partial charge >= 0.3 is 6.18 Å². The van der Waals surface area contributed by atoms with E-state index >= 15 is 0 Å². The number of para-hydroxylation sites is 1. The normalized spacial score (nSPS) is 19.2. The van der Waals surface area contributed by atoms with Crippen molar-refractivity contribution in [3.63, 3.8) is 0 Å². The Morgan fingerprint density at radius 2 is 1.71 bits per heavy atom. The highest BCUT2D eigenvalue weighted by Gasteiger charge is 2.52. The van der Waals surface area contributed by atoms with Crippen LogP contribution in [0.15, 0.2) is 72.8 Å². The minimum atomic E-state index is -4.64. The highest BCUT2D eigenvalue weighted by atomic mass is 19.4. The van der Waals surface area contributed by atoms with Gasteiger partial charge in [-0.2, -0.15) is 13.2 Å². The molecule has 5 nitrogen and oxygen atoms in total. The Morgan fingerprint density at radius 1 is 1.06 bits per heavy atom. The van der Waals surface area contributed by atoms with Gasteiger partial charge in [-0.3, -0.25) is 9.69 Å². The summed E-state index contributed by atoms with van der Waals surface area (Å²) in [6.45, 7) is 2.31. The first-order valence-electron chi connectivity index (χ1n) is 11.2. The third kappa shape index (κ3) is 4.18. The number of aliphatic hydroxyl groups is 1. The van der Waals surface area contributed by atoms with Crippen molar-refractivity contribution in [3.05, 3.63) is 89.5 Å². The van der Waals surface area contributed by atoms with Crippen LogP contribution in [0.2, 0.25) is 0 Å². The number of nitrogens with zero attached hydrogens (tertiary/aromatic N) is 2. The van der Waals surface area contributed by atoms with Crippen molar-refractivity contribution in [3.8, 4) is 0 Å². The van der Waals surface area contributed by atoms with E-state index in [2.05, 4.69) is 0 Å². The Balaban J connectivity index is 1.99. The second-order valence-electron chi connectivity index (χ2n) is 8.59. The lowest BCUT2D eigenvalue weighted by atomic mass is 9.81. The molecule has 0 saturated carbocycles. The lowest BCUT2D eigenvalue weighted by Gasteiger charge is -2.34. The molecule has 0 spiro atoms. The monoisotopic (exact) mass is 482 g/mol. The van der Waals surface area contributed by atoms with Crippen LogP contribution in [0.4, 0.5) is 30.2 Å². The van der Waals surface area contributed by atoms with E-state index in [-0.39, 0.29) is 12.1 Å². The zero-order chi connectivity index (χ0) is 25.4. The zero-order valence-electron chi connectivity index (χ0n) is 19.3. The summed E-state index contributed by atoms with van der Waals surface area (Å²) in [5.74, 6) is -0.729. The summed E-state index contributed by atoms with van der Waals surface area (Å²) in [6.07, 6.45) is -5.40. The number of carbonyl (C=O) groups is 2. The summed E-state index contributed by atoms with van der Waals surface area (Å²) >= 11 is 0. The van der Waals surface area contributed by atoms with Gasteiger partial charge in [0, 0.05) is 25.7 Å². The minimum Gasteiger partial charge on any atom is -0.388 e. The molecular formula is C27H25F3N2O3. The van der Waals surface area contributed by atoms with Crippen LogP contribution in [-0.2, 0) is 21.2 Å². The molecule has 8 heteroatoms. The summed E-state index contributed by atoms with van der Waals surface area (Å²) in [5.41, 5.74) is -1.17. The van der Waals surface area contributed by atoms with Crippen LogP contribution in [0.1, 0.15) is 36.1 Å². The van der Waals surface area contributed by atoms with Crippen molar-refractivity contribution in [2.75, 3.05) is 23.4 Å². The molecule has 2 atom stereocenters. The van der Waals surface area contributed by atoms with Gasteiger partial charge < -0.3 is 14.8 Å². The van der Waals surface area contributed by atoms with Crippen LogP contribution in [0.25, 0.3) is 0 Å². The van der Waals surface area contributed by atoms with E-state index in [1.807, 2.05) is 6.92 Å². The highest BCUT2D eigenvalue weighted by Crippen LogP contribution is 2.48. The van der Waals surface area contributed by atoms with Crippen molar-refractivity contribution in [1.29, 1.82) is 0 Å². The Morgan fingerprint density at radius 3 is 2.34 bits per heavy atom. The fourth-order valence-electron chi connectivity index (χ4n) is 4.60. The quantitative estimate of drug-likeness (QED) is 0.378. The van der Waals surface area contributed by atoms with Crippen LogP contribution in [0, 0.1) is 0 Å². The van der Waals surface area contributed by atoms with Crippen molar-refractivity contribution in [2.45, 2.75) is 31.0 Å². The lowest BCUT2D eigenvalue weighted by Crippen LogP contribution is -2.45. The van der Waals surface area contributed by atoms with E-state index in [1.54, 1.807) is 66.5 Å². The third-order valence-corrected chi connectivity index (χ3v) is 6.55. The predicted octanol–water partition coefficient (Wildman–Crippen LogP) is 5.40. The van der Waals surface area contributed by atoms with Crippen LogP contribution in [0.5, 0.6) is 0 Å². The fourth-order valence-corrected chi connectivity index (χ4v) is 4.60. The molecule has 0 heterocycles. The van der Waals surface area contributed by atoms with Gasteiger partial charge in [-0.15, -0.1) is 0 Å². The molecule has 0 fully saturated rings. The number of rotatable bonds is 6. The number of benzene rings is 3. The molecule has 35 heavy (non-hydrogen) atoms. The van der Waals surface area contributed by atoms with E-state index in [0.29, 0.717) is 35.3 Å². The average molecular weight is 483 g/mol. The SMILES string of the molecule is CCN(C)c1ccc(C(F)(F)F)cc1N(C(=O)C1(C=O)CC(O)c2ccccc21)c1ccccc1. The lowest BCUT2D eigenvalue weighted by molar-refractivity contribution is -0.137. The van der Waals surface area contributed by atoms with Gasteiger partial charge in [0.05, 0.1) is 23.0 Å². The molecule has 3 aromatic rings. The van der Waals surface area contributed by atoms with E-state index in [9.17, 15) is 27.9 Å². The van der Waals surface area contributed by atoms with E-state index in [1.165, 1.54) is 11.0 Å². The topological polar surface area (TPSA) is 60.9 Å². The maximum Gasteiger partial charge on any atom is 0.416 e. The maximum absolute atomic E-state index is 14.3. The van der Waals surface area contributed by atoms with Crippen molar-refractivity contribution >= 4 is 29.3 Å². The van der Waals surface area contributed by atoms with E-state index < -0.39 is 29.2 Å². The Hall–Kier alpha value is -3.65. The Bertz CT molecular complexity index is 1250. The Labute approximate surface area is 201 Å². The van der Waals surface area contributed by atoms with Crippen molar-refractivity contribution in [1.82, 2.24) is 0 Å². The number of aliphatic hydroxyl groups excluding tert-OH is 1. The molecule has 0 aliphatic heterocycles. The van der Waals surface area contributed by atoms with Gasteiger partial charge in [-0.05, 0) is 48.4 Å². The molecule has 0 radical (unpaired) electrons. The first-order chi connectivity index (χ1) is 16.6. The fraction of sp³-hybridized carbons (Fsp3) is 0.259. The molecule has 1 N–H and O–H groups in total. The summed E-state index contributed by atoms with van der Waals surface area (Å²) < 4.78 is 41.2. The molecule has 3 aromatic carbocycles. The molecule has 182 valence electrons.